The normalized spacial score (nSPS) is 12.9. The van der Waals surface area contributed by atoms with E-state index in [1.807, 2.05) is 7.05 Å². The first-order valence-electron chi connectivity index (χ1n) is 7.03. The fourth-order valence-corrected chi connectivity index (χ4v) is 2.46. The number of nitrogens with one attached hydrogen (secondary N) is 1. The molecule has 0 aliphatic rings. The van der Waals surface area contributed by atoms with Crippen molar-refractivity contribution in [3.05, 3.63) is 47.7 Å². The van der Waals surface area contributed by atoms with Crippen molar-refractivity contribution < 1.29 is 4.42 Å². The van der Waals surface area contributed by atoms with Crippen molar-refractivity contribution in [2.24, 2.45) is 0 Å². The summed E-state index contributed by atoms with van der Waals surface area (Å²) in [6.07, 6.45) is 1.02. The lowest BCUT2D eigenvalue weighted by Gasteiger charge is -2.12. The molecule has 1 atom stereocenters. The number of benzene rings is 1. The van der Waals surface area contributed by atoms with E-state index < -0.39 is 0 Å². The highest BCUT2D eigenvalue weighted by Crippen LogP contribution is 2.32. The fraction of sp³-hybridized carbons (Fsp3) is 0.412. The van der Waals surface area contributed by atoms with Gasteiger partial charge in [-0.25, -0.2) is 0 Å². The molecule has 1 aromatic heterocycles. The highest BCUT2D eigenvalue weighted by Gasteiger charge is 2.15. The van der Waals surface area contributed by atoms with E-state index in [0.717, 1.165) is 17.9 Å². The molecule has 0 aliphatic heterocycles. The highest BCUT2D eigenvalue weighted by atomic mass is 16.3. The monoisotopic (exact) mass is 257 g/mol. The van der Waals surface area contributed by atoms with Gasteiger partial charge in [0, 0.05) is 5.56 Å². The second kappa shape index (κ2) is 6.07. The molecule has 0 amide bonds. The number of rotatable bonds is 5. The maximum Gasteiger partial charge on any atom is 0.134 e. The summed E-state index contributed by atoms with van der Waals surface area (Å²) < 4.78 is 6.04. The Morgan fingerprint density at radius 3 is 2.47 bits per heavy atom. The Balaban J connectivity index is 2.38. The molecule has 2 rings (SSSR count). The van der Waals surface area contributed by atoms with E-state index in [1.165, 1.54) is 11.1 Å². The predicted molar refractivity (Wildman–Crippen MR) is 80.3 cm³/mol. The minimum Gasteiger partial charge on any atom is -0.459 e. The summed E-state index contributed by atoms with van der Waals surface area (Å²) in [6.45, 7) is 6.59. The van der Waals surface area contributed by atoms with Crippen molar-refractivity contribution in [2.45, 2.75) is 39.2 Å². The molecule has 0 fully saturated rings. The number of hydrogen-bond donors (Lipinski definition) is 1. The molecule has 102 valence electrons. The van der Waals surface area contributed by atoms with Gasteiger partial charge in [-0.05, 0) is 37.1 Å². The van der Waals surface area contributed by atoms with Gasteiger partial charge in [0.25, 0.3) is 0 Å². The lowest BCUT2D eigenvalue weighted by atomic mass is 9.96. The lowest BCUT2D eigenvalue weighted by Crippen LogP contribution is -2.14. The highest BCUT2D eigenvalue weighted by molar-refractivity contribution is 5.63. The second-order valence-electron chi connectivity index (χ2n) is 5.19. The summed E-state index contributed by atoms with van der Waals surface area (Å²) in [5.74, 6) is 2.47. The van der Waals surface area contributed by atoms with E-state index in [1.54, 1.807) is 0 Å². The van der Waals surface area contributed by atoms with Gasteiger partial charge >= 0.3 is 0 Å². The molecule has 1 aromatic carbocycles. The van der Waals surface area contributed by atoms with E-state index in [-0.39, 0.29) is 0 Å². The second-order valence-corrected chi connectivity index (χ2v) is 5.19. The molecule has 0 aliphatic carbocycles. The maximum atomic E-state index is 6.04. The van der Waals surface area contributed by atoms with Crippen molar-refractivity contribution in [1.29, 1.82) is 0 Å². The van der Waals surface area contributed by atoms with Crippen LogP contribution in [0.5, 0.6) is 0 Å². The van der Waals surface area contributed by atoms with Gasteiger partial charge in [0.05, 0.1) is 6.04 Å². The first-order valence-corrected chi connectivity index (χ1v) is 7.03. The quantitative estimate of drug-likeness (QED) is 0.837. The minimum atomic E-state index is 0.292. The summed E-state index contributed by atoms with van der Waals surface area (Å²) in [7, 11) is 1.97. The number of furan rings is 1. The Bertz CT molecular complexity index is 524. The predicted octanol–water partition coefficient (Wildman–Crippen LogP) is 4.74. The van der Waals surface area contributed by atoms with E-state index >= 15 is 0 Å². The Kier molecular flexibility index (Phi) is 4.43. The van der Waals surface area contributed by atoms with E-state index in [4.69, 9.17) is 4.42 Å². The van der Waals surface area contributed by atoms with Gasteiger partial charge in [-0.15, -0.1) is 0 Å². The van der Waals surface area contributed by atoms with Gasteiger partial charge < -0.3 is 9.73 Å². The Hall–Kier alpha value is -1.54. The van der Waals surface area contributed by atoms with Gasteiger partial charge in [-0.1, -0.05) is 45.0 Å². The topological polar surface area (TPSA) is 25.2 Å². The third-order valence-corrected chi connectivity index (χ3v) is 3.58. The average molecular weight is 257 g/mol. The molecule has 0 bridgehead atoms. The van der Waals surface area contributed by atoms with Gasteiger partial charge in [0.1, 0.15) is 11.5 Å². The number of hydrogen-bond acceptors (Lipinski definition) is 2. The molecule has 2 aromatic rings. The van der Waals surface area contributed by atoms with E-state index in [2.05, 4.69) is 62.5 Å². The molecule has 0 spiro atoms. The van der Waals surface area contributed by atoms with Crippen LogP contribution >= 0.6 is 0 Å². The third kappa shape index (κ3) is 2.90. The average Bonchev–Trinajstić information content (AvgIpc) is 2.89. The SMILES string of the molecule is CCC(NC)c1ccc(-c2ccccc2C(C)C)o1. The fourth-order valence-electron chi connectivity index (χ4n) is 2.46. The maximum absolute atomic E-state index is 6.04. The van der Waals surface area contributed by atoms with Crippen LogP contribution < -0.4 is 5.32 Å². The van der Waals surface area contributed by atoms with Crippen LogP contribution in [0.2, 0.25) is 0 Å². The van der Waals surface area contributed by atoms with Crippen LogP contribution in [0.3, 0.4) is 0 Å². The zero-order chi connectivity index (χ0) is 13.8. The van der Waals surface area contributed by atoms with Crippen LogP contribution in [0, 0.1) is 0 Å². The Labute approximate surface area is 115 Å². The van der Waals surface area contributed by atoms with Crippen LogP contribution in [0.15, 0.2) is 40.8 Å². The molecule has 19 heavy (non-hydrogen) atoms. The Morgan fingerprint density at radius 2 is 1.84 bits per heavy atom. The van der Waals surface area contributed by atoms with E-state index in [0.29, 0.717) is 12.0 Å². The van der Waals surface area contributed by atoms with Crippen molar-refractivity contribution >= 4 is 0 Å². The van der Waals surface area contributed by atoms with Crippen molar-refractivity contribution in [1.82, 2.24) is 5.32 Å². The molecule has 1 heterocycles. The summed E-state index contributed by atoms with van der Waals surface area (Å²) in [6, 6.07) is 12.9. The standard InChI is InChI=1S/C17H23NO/c1-5-15(18-4)17-11-10-16(19-17)14-9-7-6-8-13(14)12(2)3/h6-12,15,18H,5H2,1-4H3. The van der Waals surface area contributed by atoms with Gasteiger partial charge in [0.15, 0.2) is 0 Å². The molecule has 0 radical (unpaired) electrons. The summed E-state index contributed by atoms with van der Waals surface area (Å²) >= 11 is 0. The summed E-state index contributed by atoms with van der Waals surface area (Å²) in [4.78, 5) is 0. The van der Waals surface area contributed by atoms with Crippen molar-refractivity contribution in [2.75, 3.05) is 7.05 Å². The smallest absolute Gasteiger partial charge is 0.134 e. The van der Waals surface area contributed by atoms with Gasteiger partial charge in [0.2, 0.25) is 0 Å². The largest absolute Gasteiger partial charge is 0.459 e. The molecule has 1 N–H and O–H groups in total. The lowest BCUT2D eigenvalue weighted by molar-refractivity contribution is 0.431. The summed E-state index contributed by atoms with van der Waals surface area (Å²) in [5, 5.41) is 3.28. The third-order valence-electron chi connectivity index (χ3n) is 3.58. The molecule has 0 saturated heterocycles. The molecule has 0 saturated carbocycles. The first kappa shape index (κ1) is 13.9. The molecule has 2 nitrogen and oxygen atoms in total. The van der Waals surface area contributed by atoms with Crippen LogP contribution in [0.25, 0.3) is 11.3 Å². The first-order chi connectivity index (χ1) is 9.17. The van der Waals surface area contributed by atoms with Gasteiger partial charge in [-0.2, -0.15) is 0 Å². The van der Waals surface area contributed by atoms with Crippen molar-refractivity contribution in [3.8, 4) is 11.3 Å². The molecule has 1 unspecified atom stereocenters. The zero-order valence-corrected chi connectivity index (χ0v) is 12.2. The molecular weight excluding hydrogens is 234 g/mol. The van der Waals surface area contributed by atoms with Gasteiger partial charge in [-0.3, -0.25) is 0 Å². The van der Waals surface area contributed by atoms with Crippen LogP contribution in [-0.2, 0) is 0 Å². The van der Waals surface area contributed by atoms with Crippen molar-refractivity contribution in [3.63, 3.8) is 0 Å². The van der Waals surface area contributed by atoms with Crippen LogP contribution in [0.4, 0.5) is 0 Å². The van der Waals surface area contributed by atoms with E-state index in [9.17, 15) is 0 Å². The van der Waals surface area contributed by atoms with Crippen LogP contribution in [-0.4, -0.2) is 7.05 Å². The Morgan fingerprint density at radius 1 is 1.11 bits per heavy atom. The minimum absolute atomic E-state index is 0.292. The summed E-state index contributed by atoms with van der Waals surface area (Å²) in [5.41, 5.74) is 2.54. The van der Waals surface area contributed by atoms with Crippen LogP contribution in [0.1, 0.15) is 50.5 Å². The zero-order valence-electron chi connectivity index (χ0n) is 12.2. The molecular formula is C17H23NO. The molecule has 2 heteroatoms.